The number of rotatable bonds is 10. The summed E-state index contributed by atoms with van der Waals surface area (Å²) in [4.78, 5) is 21.3. The van der Waals surface area contributed by atoms with Gasteiger partial charge >= 0.3 is 6.03 Å². The van der Waals surface area contributed by atoms with Crippen molar-refractivity contribution in [1.82, 2.24) is 20.7 Å². The van der Waals surface area contributed by atoms with Crippen molar-refractivity contribution in [2.24, 2.45) is 0 Å². The van der Waals surface area contributed by atoms with Crippen molar-refractivity contribution in [2.45, 2.75) is 51.5 Å². The summed E-state index contributed by atoms with van der Waals surface area (Å²) in [5.74, 6) is 0. The quantitative estimate of drug-likeness (QED) is 0.646. The zero-order chi connectivity index (χ0) is 16.9. The van der Waals surface area contributed by atoms with Gasteiger partial charge in [0, 0.05) is 38.6 Å². The van der Waals surface area contributed by atoms with Crippen LogP contribution in [-0.4, -0.2) is 42.3 Å². The van der Waals surface area contributed by atoms with Crippen molar-refractivity contribution in [3.8, 4) is 0 Å². The average molecular weight is 334 g/mol. The van der Waals surface area contributed by atoms with Crippen LogP contribution in [0.1, 0.15) is 50.5 Å². The highest BCUT2D eigenvalue weighted by molar-refractivity contribution is 5.73. The Morgan fingerprint density at radius 1 is 1.17 bits per heavy atom. The molecule has 0 aliphatic carbocycles. The normalized spacial score (nSPS) is 15.2. The van der Waals surface area contributed by atoms with Gasteiger partial charge in [-0.2, -0.15) is 5.06 Å². The predicted molar refractivity (Wildman–Crippen MR) is 94.3 cm³/mol. The number of pyridine rings is 1. The monoisotopic (exact) mass is 334 g/mol. The highest BCUT2D eigenvalue weighted by atomic mass is 16.7. The van der Waals surface area contributed by atoms with E-state index in [4.69, 9.17) is 4.84 Å². The van der Waals surface area contributed by atoms with Crippen LogP contribution in [0.4, 0.5) is 4.79 Å². The molecular weight excluding hydrogens is 304 g/mol. The average Bonchev–Trinajstić information content (AvgIpc) is 2.64. The first-order valence-electron chi connectivity index (χ1n) is 9.13. The number of nitrogens with zero attached hydrogens (tertiary/aromatic N) is 2. The Bertz CT molecular complexity index is 450. The molecule has 6 heteroatoms. The van der Waals surface area contributed by atoms with Gasteiger partial charge in [-0.3, -0.25) is 9.82 Å². The van der Waals surface area contributed by atoms with Gasteiger partial charge in [-0.05, 0) is 37.3 Å². The van der Waals surface area contributed by atoms with Crippen LogP contribution in [-0.2, 0) is 11.4 Å². The second-order valence-electron chi connectivity index (χ2n) is 6.21. The Morgan fingerprint density at radius 3 is 2.83 bits per heavy atom. The van der Waals surface area contributed by atoms with Crippen molar-refractivity contribution in [3.05, 3.63) is 30.1 Å². The highest BCUT2D eigenvalue weighted by Gasteiger charge is 2.09. The lowest BCUT2D eigenvalue weighted by molar-refractivity contribution is -0.180. The Morgan fingerprint density at radius 2 is 2.04 bits per heavy atom. The van der Waals surface area contributed by atoms with Gasteiger partial charge in [-0.25, -0.2) is 4.79 Å². The molecule has 1 aromatic rings. The molecule has 134 valence electrons. The molecule has 2 heterocycles. The number of hydrogen-bond acceptors (Lipinski definition) is 4. The molecule has 1 aromatic heterocycles. The lowest BCUT2D eigenvalue weighted by atomic mass is 10.1. The van der Waals surface area contributed by atoms with Crippen molar-refractivity contribution < 1.29 is 9.63 Å². The lowest BCUT2D eigenvalue weighted by Gasteiger charge is -2.25. The van der Waals surface area contributed by atoms with Crippen LogP contribution in [0, 0.1) is 0 Å². The third kappa shape index (κ3) is 8.26. The molecule has 0 aromatic carbocycles. The van der Waals surface area contributed by atoms with E-state index in [0.29, 0.717) is 6.54 Å². The molecule has 0 radical (unpaired) electrons. The summed E-state index contributed by atoms with van der Waals surface area (Å²) in [5.41, 5.74) is 1.00. The number of hydroxylamine groups is 2. The molecule has 2 amide bonds. The van der Waals surface area contributed by atoms with Gasteiger partial charge in [-0.15, -0.1) is 0 Å². The van der Waals surface area contributed by atoms with Crippen LogP contribution in [0.15, 0.2) is 24.5 Å². The second-order valence-corrected chi connectivity index (χ2v) is 6.21. The maximum Gasteiger partial charge on any atom is 0.315 e. The Labute approximate surface area is 144 Å². The molecule has 6 nitrogen and oxygen atoms in total. The number of unbranched alkanes of at least 4 members (excludes halogenated alkanes) is 4. The van der Waals surface area contributed by atoms with Crippen LogP contribution >= 0.6 is 0 Å². The smallest absolute Gasteiger partial charge is 0.315 e. The van der Waals surface area contributed by atoms with Crippen molar-refractivity contribution in [2.75, 3.05) is 26.2 Å². The van der Waals surface area contributed by atoms with Gasteiger partial charge in [0.2, 0.25) is 0 Å². The Kier molecular flexibility index (Phi) is 9.19. The molecule has 1 aliphatic rings. The first-order chi connectivity index (χ1) is 11.8. The SMILES string of the molecule is O=C(NCCCCCCCN1CCCCO1)NCc1cccnc1. The van der Waals surface area contributed by atoms with Gasteiger partial charge in [0.05, 0.1) is 6.61 Å². The van der Waals surface area contributed by atoms with Crippen LogP contribution in [0.3, 0.4) is 0 Å². The lowest BCUT2D eigenvalue weighted by Crippen LogP contribution is -2.35. The summed E-state index contributed by atoms with van der Waals surface area (Å²) in [7, 11) is 0. The molecule has 0 atom stereocenters. The molecule has 0 unspecified atom stereocenters. The number of aromatic nitrogens is 1. The number of hydrogen-bond donors (Lipinski definition) is 2. The van der Waals surface area contributed by atoms with Crippen molar-refractivity contribution >= 4 is 6.03 Å². The van der Waals surface area contributed by atoms with E-state index < -0.39 is 0 Å². The summed E-state index contributed by atoms with van der Waals surface area (Å²) in [6.07, 6.45) is 11.8. The summed E-state index contributed by atoms with van der Waals surface area (Å²) in [6.45, 7) is 4.26. The molecule has 24 heavy (non-hydrogen) atoms. The minimum atomic E-state index is -0.110. The minimum absolute atomic E-state index is 0.110. The number of urea groups is 1. The maximum absolute atomic E-state index is 11.7. The molecule has 2 rings (SSSR count). The summed E-state index contributed by atoms with van der Waals surface area (Å²) in [6, 6.07) is 3.70. The number of nitrogens with one attached hydrogen (secondary N) is 2. The van der Waals surface area contributed by atoms with Crippen LogP contribution in [0.5, 0.6) is 0 Å². The molecule has 2 N–H and O–H groups in total. The maximum atomic E-state index is 11.7. The van der Waals surface area contributed by atoms with Crippen LogP contribution in [0.2, 0.25) is 0 Å². The van der Waals surface area contributed by atoms with E-state index >= 15 is 0 Å². The molecular formula is C18H30N4O2. The van der Waals surface area contributed by atoms with E-state index in [-0.39, 0.29) is 6.03 Å². The fourth-order valence-electron chi connectivity index (χ4n) is 2.72. The third-order valence-electron chi connectivity index (χ3n) is 4.12. The van der Waals surface area contributed by atoms with E-state index in [9.17, 15) is 4.79 Å². The van der Waals surface area contributed by atoms with Gasteiger partial charge < -0.3 is 10.6 Å². The second kappa shape index (κ2) is 11.8. The first-order valence-corrected chi connectivity index (χ1v) is 9.13. The third-order valence-corrected chi connectivity index (χ3v) is 4.12. The fraction of sp³-hybridized carbons (Fsp3) is 0.667. The van der Waals surface area contributed by atoms with Crippen LogP contribution in [0.25, 0.3) is 0 Å². The molecule has 0 saturated carbocycles. The zero-order valence-corrected chi connectivity index (χ0v) is 14.5. The summed E-state index contributed by atoms with van der Waals surface area (Å²) in [5, 5.41) is 7.84. The van der Waals surface area contributed by atoms with E-state index in [1.54, 1.807) is 12.4 Å². The van der Waals surface area contributed by atoms with E-state index in [1.807, 2.05) is 12.1 Å². The van der Waals surface area contributed by atoms with E-state index in [0.717, 1.165) is 44.6 Å². The predicted octanol–water partition coefficient (Wildman–Crippen LogP) is 2.86. The number of carbonyl (C=O) groups excluding carboxylic acids is 1. The summed E-state index contributed by atoms with van der Waals surface area (Å²) < 4.78 is 0. The fourth-order valence-corrected chi connectivity index (χ4v) is 2.72. The zero-order valence-electron chi connectivity index (χ0n) is 14.5. The molecule has 1 fully saturated rings. The van der Waals surface area contributed by atoms with E-state index in [2.05, 4.69) is 20.7 Å². The van der Waals surface area contributed by atoms with E-state index in [1.165, 1.54) is 32.1 Å². The van der Waals surface area contributed by atoms with Gasteiger partial charge in [-0.1, -0.05) is 25.3 Å². The van der Waals surface area contributed by atoms with Crippen molar-refractivity contribution in [1.29, 1.82) is 0 Å². The molecule has 0 bridgehead atoms. The topological polar surface area (TPSA) is 66.5 Å². The summed E-state index contributed by atoms with van der Waals surface area (Å²) >= 11 is 0. The number of amides is 2. The largest absolute Gasteiger partial charge is 0.338 e. The minimum Gasteiger partial charge on any atom is -0.338 e. The van der Waals surface area contributed by atoms with Gasteiger partial charge in [0.15, 0.2) is 0 Å². The standard InChI is InChI=1S/C18H30N4O2/c23-18(21-16-17-9-8-10-19-15-17)20-11-4-2-1-3-5-12-22-13-6-7-14-24-22/h8-10,15H,1-7,11-14,16H2,(H2,20,21,23). The van der Waals surface area contributed by atoms with Gasteiger partial charge in [0.1, 0.15) is 0 Å². The molecule has 0 spiro atoms. The first kappa shape index (κ1) is 18.7. The number of carbonyl (C=O) groups is 1. The Hall–Kier alpha value is -1.66. The molecule has 1 saturated heterocycles. The van der Waals surface area contributed by atoms with Gasteiger partial charge in [0.25, 0.3) is 0 Å². The molecule has 1 aliphatic heterocycles. The highest BCUT2D eigenvalue weighted by Crippen LogP contribution is 2.09. The Balaban J connectivity index is 1.37. The van der Waals surface area contributed by atoms with Crippen LogP contribution < -0.4 is 10.6 Å². The van der Waals surface area contributed by atoms with Crippen molar-refractivity contribution in [3.63, 3.8) is 0 Å².